The van der Waals surface area contributed by atoms with Gasteiger partial charge in [0, 0.05) is 11.6 Å². The average molecular weight is 330 g/mol. The maximum atomic E-state index is 12.0. The van der Waals surface area contributed by atoms with Crippen molar-refractivity contribution < 1.29 is 19.1 Å². The molecule has 5 nitrogen and oxygen atoms in total. The Kier molecular flexibility index (Phi) is 4.94. The van der Waals surface area contributed by atoms with Crippen LogP contribution >= 0.6 is 15.9 Å². The molecule has 0 fully saturated rings. The summed E-state index contributed by atoms with van der Waals surface area (Å²) >= 11 is 3.16. The fourth-order valence-electron chi connectivity index (χ4n) is 1.44. The van der Waals surface area contributed by atoms with Crippen LogP contribution in [0.25, 0.3) is 6.08 Å². The van der Waals surface area contributed by atoms with Crippen LogP contribution in [0, 0.1) is 0 Å². The first kappa shape index (κ1) is 15.5. The van der Waals surface area contributed by atoms with E-state index in [9.17, 15) is 9.59 Å². The standard InChI is InChI=1S/C13H16BrNO4/c1-13(2,3)15(8-12(17)18)11(16)7-5-9-4-6-10(14)19-9/h4-7H,8H2,1-3H3,(H,17,18). The van der Waals surface area contributed by atoms with Gasteiger partial charge in [-0.2, -0.15) is 0 Å². The van der Waals surface area contributed by atoms with Crippen LogP contribution in [0.15, 0.2) is 27.3 Å². The average Bonchev–Trinajstić information content (AvgIpc) is 2.67. The number of nitrogens with zero attached hydrogens (tertiary/aromatic N) is 1. The van der Waals surface area contributed by atoms with E-state index in [1.807, 2.05) is 0 Å². The monoisotopic (exact) mass is 329 g/mol. The third-order valence-corrected chi connectivity index (χ3v) is 2.78. The molecule has 0 radical (unpaired) electrons. The summed E-state index contributed by atoms with van der Waals surface area (Å²) in [6.07, 6.45) is 2.81. The van der Waals surface area contributed by atoms with Crippen molar-refractivity contribution in [2.24, 2.45) is 0 Å². The number of carbonyl (C=O) groups is 2. The van der Waals surface area contributed by atoms with Crippen molar-refractivity contribution in [3.05, 3.63) is 28.6 Å². The van der Waals surface area contributed by atoms with Crippen LogP contribution in [0.1, 0.15) is 26.5 Å². The topological polar surface area (TPSA) is 70.8 Å². The minimum absolute atomic E-state index is 0.339. The first-order valence-corrected chi connectivity index (χ1v) is 6.46. The molecule has 6 heteroatoms. The highest BCUT2D eigenvalue weighted by Gasteiger charge is 2.26. The number of carboxylic acid groups (broad SMARTS) is 1. The number of halogens is 1. The Morgan fingerprint density at radius 3 is 2.47 bits per heavy atom. The fraction of sp³-hybridized carbons (Fsp3) is 0.385. The SMILES string of the molecule is CC(C)(C)N(CC(=O)O)C(=O)C=Cc1ccc(Br)o1. The van der Waals surface area contributed by atoms with E-state index in [-0.39, 0.29) is 12.5 Å². The number of rotatable bonds is 4. The Hall–Kier alpha value is -1.56. The van der Waals surface area contributed by atoms with Gasteiger partial charge >= 0.3 is 5.97 Å². The van der Waals surface area contributed by atoms with E-state index < -0.39 is 11.5 Å². The summed E-state index contributed by atoms with van der Waals surface area (Å²) in [5.41, 5.74) is -0.566. The smallest absolute Gasteiger partial charge is 0.323 e. The van der Waals surface area contributed by atoms with Crippen molar-refractivity contribution in [2.45, 2.75) is 26.3 Å². The van der Waals surface area contributed by atoms with Crippen LogP contribution in [0.5, 0.6) is 0 Å². The minimum atomic E-state index is -1.04. The summed E-state index contributed by atoms with van der Waals surface area (Å²) in [5.74, 6) is -0.899. The van der Waals surface area contributed by atoms with Crippen LogP contribution in [0.3, 0.4) is 0 Å². The van der Waals surface area contributed by atoms with E-state index in [0.29, 0.717) is 10.4 Å². The Morgan fingerprint density at radius 1 is 1.42 bits per heavy atom. The highest BCUT2D eigenvalue weighted by molar-refractivity contribution is 9.10. The molecular weight excluding hydrogens is 314 g/mol. The van der Waals surface area contributed by atoms with Gasteiger partial charge in [0.1, 0.15) is 12.3 Å². The molecule has 19 heavy (non-hydrogen) atoms. The minimum Gasteiger partial charge on any atom is -0.480 e. The van der Waals surface area contributed by atoms with Crippen molar-refractivity contribution in [3.63, 3.8) is 0 Å². The molecule has 104 valence electrons. The summed E-state index contributed by atoms with van der Waals surface area (Å²) in [4.78, 5) is 24.1. The number of aliphatic carboxylic acids is 1. The first-order chi connectivity index (χ1) is 8.70. The van der Waals surface area contributed by atoms with Gasteiger partial charge in [0.2, 0.25) is 5.91 Å². The molecule has 0 bridgehead atoms. The van der Waals surface area contributed by atoms with E-state index in [1.54, 1.807) is 32.9 Å². The lowest BCUT2D eigenvalue weighted by atomic mass is 10.1. The molecular formula is C13H16BrNO4. The largest absolute Gasteiger partial charge is 0.480 e. The molecule has 0 saturated heterocycles. The van der Waals surface area contributed by atoms with E-state index in [0.717, 1.165) is 0 Å². The molecule has 0 aromatic carbocycles. The lowest BCUT2D eigenvalue weighted by molar-refractivity contribution is -0.145. The molecule has 1 N–H and O–H groups in total. The molecule has 0 aliphatic carbocycles. The molecule has 0 aliphatic rings. The van der Waals surface area contributed by atoms with E-state index in [1.165, 1.54) is 17.1 Å². The lowest BCUT2D eigenvalue weighted by Crippen LogP contribution is -2.47. The first-order valence-electron chi connectivity index (χ1n) is 5.67. The maximum Gasteiger partial charge on any atom is 0.323 e. The zero-order chi connectivity index (χ0) is 14.6. The van der Waals surface area contributed by atoms with E-state index in [2.05, 4.69) is 15.9 Å². The third-order valence-electron chi connectivity index (χ3n) is 2.35. The molecule has 1 aromatic heterocycles. The molecule has 0 unspecified atom stereocenters. The Labute approximate surface area is 120 Å². The van der Waals surface area contributed by atoms with E-state index in [4.69, 9.17) is 9.52 Å². The van der Waals surface area contributed by atoms with Crippen molar-refractivity contribution in [2.75, 3.05) is 6.54 Å². The van der Waals surface area contributed by atoms with E-state index >= 15 is 0 Å². The lowest BCUT2D eigenvalue weighted by Gasteiger charge is -2.33. The Morgan fingerprint density at radius 2 is 2.05 bits per heavy atom. The normalized spacial score (nSPS) is 11.8. The third kappa shape index (κ3) is 4.90. The number of furan rings is 1. The number of carbonyl (C=O) groups excluding carboxylic acids is 1. The Balaban J connectivity index is 2.83. The second kappa shape index (κ2) is 6.06. The quantitative estimate of drug-likeness (QED) is 0.862. The summed E-state index contributed by atoms with van der Waals surface area (Å²) in [6, 6.07) is 3.41. The Bertz CT molecular complexity index is 499. The number of amides is 1. The molecule has 0 spiro atoms. The second-order valence-electron chi connectivity index (χ2n) is 4.96. The van der Waals surface area contributed by atoms with Crippen molar-refractivity contribution in [1.29, 1.82) is 0 Å². The van der Waals surface area contributed by atoms with Gasteiger partial charge in [-0.25, -0.2) is 0 Å². The molecule has 1 rings (SSSR count). The van der Waals surface area contributed by atoms with Crippen LogP contribution in [-0.4, -0.2) is 34.0 Å². The van der Waals surface area contributed by atoms with Gasteiger partial charge in [-0.3, -0.25) is 9.59 Å². The van der Waals surface area contributed by atoms with Crippen LogP contribution < -0.4 is 0 Å². The zero-order valence-electron chi connectivity index (χ0n) is 11.0. The summed E-state index contributed by atoms with van der Waals surface area (Å²) < 4.78 is 5.79. The highest BCUT2D eigenvalue weighted by atomic mass is 79.9. The number of carboxylic acids is 1. The predicted octanol–water partition coefficient (Wildman–Crippen LogP) is 2.77. The fourth-order valence-corrected chi connectivity index (χ4v) is 1.76. The van der Waals surface area contributed by atoms with Crippen LogP contribution in [-0.2, 0) is 9.59 Å². The van der Waals surface area contributed by atoms with Gasteiger partial charge in [-0.1, -0.05) is 0 Å². The van der Waals surface area contributed by atoms with Gasteiger partial charge in [0.25, 0.3) is 0 Å². The van der Waals surface area contributed by atoms with Crippen LogP contribution in [0.2, 0.25) is 0 Å². The molecule has 1 heterocycles. The summed E-state index contributed by atoms with van der Waals surface area (Å²) in [5, 5.41) is 8.84. The molecule has 0 saturated carbocycles. The van der Waals surface area contributed by atoms with Gasteiger partial charge in [0.05, 0.1) is 0 Å². The molecule has 0 atom stereocenters. The molecule has 1 aromatic rings. The number of hydrogen-bond acceptors (Lipinski definition) is 3. The second-order valence-corrected chi connectivity index (χ2v) is 5.75. The van der Waals surface area contributed by atoms with Gasteiger partial charge < -0.3 is 14.4 Å². The number of hydrogen-bond donors (Lipinski definition) is 1. The predicted molar refractivity (Wildman–Crippen MR) is 74.5 cm³/mol. The zero-order valence-corrected chi connectivity index (χ0v) is 12.6. The van der Waals surface area contributed by atoms with Crippen molar-refractivity contribution >= 4 is 33.9 Å². The molecule has 1 amide bonds. The van der Waals surface area contributed by atoms with Crippen molar-refractivity contribution in [1.82, 2.24) is 4.90 Å². The molecule has 0 aliphatic heterocycles. The maximum absolute atomic E-state index is 12.0. The summed E-state index contributed by atoms with van der Waals surface area (Å²) in [7, 11) is 0. The van der Waals surface area contributed by atoms with Crippen molar-refractivity contribution in [3.8, 4) is 0 Å². The van der Waals surface area contributed by atoms with Gasteiger partial charge in [0.15, 0.2) is 4.67 Å². The van der Waals surface area contributed by atoms with Gasteiger partial charge in [-0.15, -0.1) is 0 Å². The summed E-state index contributed by atoms with van der Waals surface area (Å²) in [6.45, 7) is 5.01. The highest BCUT2D eigenvalue weighted by Crippen LogP contribution is 2.17. The van der Waals surface area contributed by atoms with Gasteiger partial charge in [-0.05, 0) is 54.9 Å². The van der Waals surface area contributed by atoms with Crippen LogP contribution in [0.4, 0.5) is 0 Å².